The normalized spacial score (nSPS) is 29.9. The summed E-state index contributed by atoms with van der Waals surface area (Å²) in [4.78, 5) is 12.2. The zero-order valence-electron chi connectivity index (χ0n) is 15.1. The minimum Gasteiger partial charge on any atom is -0.450 e. The van der Waals surface area contributed by atoms with Crippen LogP contribution < -0.4 is 0 Å². The second kappa shape index (κ2) is 8.47. The highest BCUT2D eigenvalue weighted by Crippen LogP contribution is 2.27. The van der Waals surface area contributed by atoms with Crippen molar-refractivity contribution < 1.29 is 23.4 Å². The van der Waals surface area contributed by atoms with E-state index in [0.29, 0.717) is 24.7 Å². The molecular formula is C21H22FNO4. The number of carbonyl (C=O) groups excluding carboxylic acids is 1. The van der Waals surface area contributed by atoms with Crippen LogP contribution in [0.2, 0.25) is 0 Å². The maximum Gasteiger partial charge on any atom is 0.339 e. The van der Waals surface area contributed by atoms with Gasteiger partial charge in [-0.15, -0.1) is 0 Å². The third-order valence-electron chi connectivity index (χ3n) is 4.55. The molecule has 0 unspecified atom stereocenters. The summed E-state index contributed by atoms with van der Waals surface area (Å²) < 4.78 is 30.5. The van der Waals surface area contributed by atoms with Crippen LogP contribution in [-0.4, -0.2) is 31.0 Å². The molecule has 1 aromatic carbocycles. The van der Waals surface area contributed by atoms with Crippen LogP contribution in [0.5, 0.6) is 0 Å². The van der Waals surface area contributed by atoms with E-state index < -0.39 is 24.0 Å². The molecule has 1 aliphatic carbocycles. The number of hydrogen-bond donors (Lipinski definition) is 0. The summed E-state index contributed by atoms with van der Waals surface area (Å²) in [6, 6.07) is 8.37. The quantitative estimate of drug-likeness (QED) is 0.577. The lowest BCUT2D eigenvalue weighted by Crippen LogP contribution is -2.27. The summed E-state index contributed by atoms with van der Waals surface area (Å²) in [5.41, 5.74) is -0.923. The van der Waals surface area contributed by atoms with Gasteiger partial charge in [0.15, 0.2) is 6.29 Å². The number of nitriles is 1. The van der Waals surface area contributed by atoms with Crippen molar-refractivity contribution in [2.75, 3.05) is 13.2 Å². The minimum absolute atomic E-state index is 0.373. The first kappa shape index (κ1) is 19.3. The number of alkyl halides is 1. The van der Waals surface area contributed by atoms with E-state index in [2.05, 4.69) is 6.92 Å². The first-order valence-corrected chi connectivity index (χ1v) is 9.06. The fourth-order valence-electron chi connectivity index (χ4n) is 3.02. The highest BCUT2D eigenvalue weighted by Gasteiger charge is 2.27. The molecule has 27 heavy (non-hydrogen) atoms. The summed E-state index contributed by atoms with van der Waals surface area (Å²) in [7, 11) is 0. The van der Waals surface area contributed by atoms with Gasteiger partial charge in [-0.25, -0.2) is 9.18 Å². The number of carbonyl (C=O) groups is 1. The van der Waals surface area contributed by atoms with Gasteiger partial charge < -0.3 is 14.2 Å². The second-order valence-corrected chi connectivity index (χ2v) is 6.74. The van der Waals surface area contributed by atoms with Gasteiger partial charge >= 0.3 is 5.97 Å². The molecule has 6 heteroatoms. The Morgan fingerprint density at radius 3 is 2.44 bits per heavy atom. The van der Waals surface area contributed by atoms with Crippen molar-refractivity contribution >= 4 is 5.97 Å². The summed E-state index contributed by atoms with van der Waals surface area (Å²) in [6.07, 6.45) is 5.94. The fourth-order valence-corrected chi connectivity index (χ4v) is 3.02. The number of nitrogens with zero attached hydrogens (tertiary/aromatic N) is 1. The van der Waals surface area contributed by atoms with Crippen molar-refractivity contribution in [2.45, 2.75) is 37.8 Å². The van der Waals surface area contributed by atoms with Gasteiger partial charge in [0.25, 0.3) is 0 Å². The molecule has 0 radical (unpaired) electrons. The van der Waals surface area contributed by atoms with Crippen LogP contribution in [0.1, 0.15) is 42.0 Å². The van der Waals surface area contributed by atoms with E-state index in [9.17, 15) is 9.18 Å². The summed E-state index contributed by atoms with van der Waals surface area (Å²) in [5.74, 6) is -0.0983. The van der Waals surface area contributed by atoms with Gasteiger partial charge in [0.1, 0.15) is 12.2 Å². The van der Waals surface area contributed by atoms with Crippen LogP contribution in [0.4, 0.5) is 4.39 Å². The predicted octanol–water partition coefficient (Wildman–Crippen LogP) is 4.03. The van der Waals surface area contributed by atoms with Gasteiger partial charge in [0.05, 0.1) is 18.8 Å². The van der Waals surface area contributed by atoms with Gasteiger partial charge in [0.2, 0.25) is 5.67 Å². The number of allylic oxidation sites excluding steroid dienone is 2. The third kappa shape index (κ3) is 4.82. The molecule has 1 aliphatic heterocycles. The molecule has 3 rings (SSSR count). The molecule has 1 fully saturated rings. The standard InChI is InChI=1S/C21H22FNO4/c1-2-3-15-12-25-20(26-13-15)17-6-4-16(5-7-17)19(24)27-18-8-10-21(22,14-23)11-9-18/h4-11,15,18,20H,2-3,12-13H2,1H3. The highest BCUT2D eigenvalue weighted by molar-refractivity contribution is 5.89. The maximum absolute atomic E-state index is 13.7. The van der Waals surface area contributed by atoms with Crippen LogP contribution >= 0.6 is 0 Å². The Labute approximate surface area is 158 Å². The molecule has 5 nitrogen and oxygen atoms in total. The van der Waals surface area contributed by atoms with Gasteiger partial charge in [-0.05, 0) is 42.9 Å². The Hall–Kier alpha value is -2.49. The summed E-state index contributed by atoms with van der Waals surface area (Å²) in [5, 5.41) is 8.72. The number of halogens is 1. The average molecular weight is 371 g/mol. The van der Waals surface area contributed by atoms with Crippen molar-refractivity contribution in [1.29, 1.82) is 5.26 Å². The lowest BCUT2D eigenvalue weighted by atomic mass is 10.0. The van der Waals surface area contributed by atoms with Crippen LogP contribution in [0.3, 0.4) is 0 Å². The smallest absolute Gasteiger partial charge is 0.339 e. The average Bonchev–Trinajstić information content (AvgIpc) is 2.71. The Morgan fingerprint density at radius 1 is 1.26 bits per heavy atom. The molecule has 0 amide bonds. The van der Waals surface area contributed by atoms with Crippen molar-refractivity contribution in [2.24, 2.45) is 5.92 Å². The lowest BCUT2D eigenvalue weighted by molar-refractivity contribution is -0.206. The molecule has 1 saturated heterocycles. The van der Waals surface area contributed by atoms with E-state index in [1.807, 2.05) is 0 Å². The molecule has 1 aromatic rings. The first-order valence-electron chi connectivity index (χ1n) is 9.06. The zero-order chi connectivity index (χ0) is 19.3. The molecule has 0 N–H and O–H groups in total. The Kier molecular flexibility index (Phi) is 6.04. The first-order chi connectivity index (χ1) is 13.0. The number of benzene rings is 1. The van der Waals surface area contributed by atoms with E-state index in [-0.39, 0.29) is 0 Å². The predicted molar refractivity (Wildman–Crippen MR) is 96.4 cm³/mol. The van der Waals surface area contributed by atoms with Crippen molar-refractivity contribution in [3.63, 3.8) is 0 Å². The summed E-state index contributed by atoms with van der Waals surface area (Å²) in [6.45, 7) is 3.48. The number of rotatable bonds is 5. The molecule has 2 aliphatic rings. The third-order valence-corrected chi connectivity index (χ3v) is 4.55. The van der Waals surface area contributed by atoms with E-state index in [1.165, 1.54) is 18.2 Å². The molecule has 1 heterocycles. The van der Waals surface area contributed by atoms with E-state index in [1.54, 1.807) is 24.3 Å². The van der Waals surface area contributed by atoms with E-state index in [0.717, 1.165) is 30.6 Å². The Morgan fingerprint density at radius 2 is 1.89 bits per heavy atom. The number of hydrogen-bond acceptors (Lipinski definition) is 5. The van der Waals surface area contributed by atoms with Gasteiger partial charge in [0, 0.05) is 11.5 Å². The largest absolute Gasteiger partial charge is 0.450 e. The van der Waals surface area contributed by atoms with Gasteiger partial charge in [-0.2, -0.15) is 5.26 Å². The van der Waals surface area contributed by atoms with E-state index >= 15 is 0 Å². The van der Waals surface area contributed by atoms with Crippen LogP contribution in [0.25, 0.3) is 0 Å². The van der Waals surface area contributed by atoms with Gasteiger partial charge in [-0.3, -0.25) is 0 Å². The zero-order valence-corrected chi connectivity index (χ0v) is 15.1. The molecular weight excluding hydrogens is 349 g/mol. The molecule has 0 bridgehead atoms. The summed E-state index contributed by atoms with van der Waals surface area (Å²) >= 11 is 0. The SMILES string of the molecule is CCCC1COC(c2ccc(C(=O)OC3C=CC(F)(C#N)C=C3)cc2)OC1. The maximum atomic E-state index is 13.7. The number of esters is 1. The Balaban J connectivity index is 1.55. The van der Waals surface area contributed by atoms with Crippen molar-refractivity contribution in [1.82, 2.24) is 0 Å². The second-order valence-electron chi connectivity index (χ2n) is 6.74. The monoisotopic (exact) mass is 371 g/mol. The number of ether oxygens (including phenoxy) is 3. The van der Waals surface area contributed by atoms with Crippen LogP contribution in [-0.2, 0) is 14.2 Å². The lowest BCUT2D eigenvalue weighted by Gasteiger charge is -2.29. The Bertz CT molecular complexity index is 743. The molecule has 0 aromatic heterocycles. The van der Waals surface area contributed by atoms with Gasteiger partial charge in [-0.1, -0.05) is 25.5 Å². The molecule has 0 saturated carbocycles. The highest BCUT2D eigenvalue weighted by atomic mass is 19.1. The van der Waals surface area contributed by atoms with E-state index in [4.69, 9.17) is 19.5 Å². The topological polar surface area (TPSA) is 68.5 Å². The van der Waals surface area contributed by atoms with Crippen molar-refractivity contribution in [3.05, 3.63) is 59.7 Å². The molecule has 142 valence electrons. The minimum atomic E-state index is -2.14. The molecule has 0 spiro atoms. The van der Waals surface area contributed by atoms with Crippen LogP contribution in [0, 0.1) is 17.2 Å². The van der Waals surface area contributed by atoms with Crippen LogP contribution in [0.15, 0.2) is 48.6 Å². The fraction of sp³-hybridized carbons (Fsp3) is 0.429. The molecule has 0 atom stereocenters. The van der Waals surface area contributed by atoms with Crippen molar-refractivity contribution in [3.8, 4) is 6.07 Å².